The molecule has 1 aliphatic carbocycles. The van der Waals surface area contributed by atoms with Gasteiger partial charge >= 0.3 is 0 Å². The highest BCUT2D eigenvalue weighted by Crippen LogP contribution is 2.29. The molecule has 4 nitrogen and oxygen atoms in total. The standard InChI is InChI=1S/C17H29N3O/c1-20-15(16(21)13-19-17(20)11-12-18)10-4-2-3-7-14-8-5-6-9-14/h11-15,18-19,21H,2-10H2,1H3/b17-11+,18-12?. The van der Waals surface area contributed by atoms with Crippen LogP contribution >= 0.6 is 0 Å². The van der Waals surface area contributed by atoms with Gasteiger partial charge in [-0.15, -0.1) is 0 Å². The Kier molecular flexibility index (Phi) is 6.15. The molecule has 3 N–H and O–H groups in total. The Morgan fingerprint density at radius 3 is 2.71 bits per heavy atom. The van der Waals surface area contributed by atoms with Crippen molar-refractivity contribution in [2.75, 3.05) is 7.05 Å². The van der Waals surface area contributed by atoms with Gasteiger partial charge in [-0.1, -0.05) is 51.4 Å². The number of aliphatic hydroxyl groups is 1. The maximum Gasteiger partial charge on any atom is 0.131 e. The molecule has 0 aromatic heterocycles. The van der Waals surface area contributed by atoms with E-state index in [9.17, 15) is 5.11 Å². The second-order valence-electron chi connectivity index (χ2n) is 6.35. The first kappa shape index (κ1) is 15.9. The van der Waals surface area contributed by atoms with Crippen molar-refractivity contribution in [3.05, 3.63) is 23.9 Å². The molecule has 1 aliphatic heterocycles. The first-order valence-electron chi connectivity index (χ1n) is 8.31. The van der Waals surface area contributed by atoms with Crippen LogP contribution in [0.1, 0.15) is 57.8 Å². The number of likely N-dealkylation sites (N-methyl/N-ethyl adjacent to an activating group) is 1. The second kappa shape index (κ2) is 8.11. The van der Waals surface area contributed by atoms with Gasteiger partial charge in [-0.3, -0.25) is 0 Å². The lowest BCUT2D eigenvalue weighted by molar-refractivity contribution is 0.209. The van der Waals surface area contributed by atoms with E-state index in [1.54, 1.807) is 12.3 Å². The van der Waals surface area contributed by atoms with Gasteiger partial charge in [0.25, 0.3) is 0 Å². The van der Waals surface area contributed by atoms with E-state index in [0.29, 0.717) is 5.76 Å². The molecule has 21 heavy (non-hydrogen) atoms. The molecule has 1 atom stereocenters. The van der Waals surface area contributed by atoms with Gasteiger partial charge in [0.1, 0.15) is 11.6 Å². The SMILES string of the molecule is CN1/C(=C/C=N)NC=C(O)C1CCCCCC1CCCC1. The molecule has 0 spiro atoms. The Bertz CT molecular complexity index is 397. The molecule has 0 saturated heterocycles. The van der Waals surface area contributed by atoms with Crippen LogP contribution in [0.5, 0.6) is 0 Å². The highest BCUT2D eigenvalue weighted by molar-refractivity contribution is 5.68. The number of aliphatic hydroxyl groups excluding tert-OH is 1. The topological polar surface area (TPSA) is 59.4 Å². The van der Waals surface area contributed by atoms with Crippen LogP contribution in [0, 0.1) is 11.3 Å². The summed E-state index contributed by atoms with van der Waals surface area (Å²) in [5.74, 6) is 2.26. The minimum absolute atomic E-state index is 0.0453. The van der Waals surface area contributed by atoms with E-state index in [2.05, 4.69) is 5.32 Å². The van der Waals surface area contributed by atoms with E-state index in [0.717, 1.165) is 24.6 Å². The summed E-state index contributed by atoms with van der Waals surface area (Å²) >= 11 is 0. The van der Waals surface area contributed by atoms with Crippen LogP contribution in [0.3, 0.4) is 0 Å². The summed E-state index contributed by atoms with van der Waals surface area (Å²) < 4.78 is 0. The summed E-state index contributed by atoms with van der Waals surface area (Å²) in [5, 5.41) is 20.2. The molecule has 2 rings (SSSR count). The lowest BCUT2D eigenvalue weighted by Gasteiger charge is -2.35. The molecule has 4 heteroatoms. The van der Waals surface area contributed by atoms with Crippen molar-refractivity contribution in [3.8, 4) is 0 Å². The van der Waals surface area contributed by atoms with Crippen molar-refractivity contribution in [2.45, 2.75) is 63.8 Å². The highest BCUT2D eigenvalue weighted by Gasteiger charge is 2.24. The van der Waals surface area contributed by atoms with Gasteiger partial charge < -0.3 is 20.7 Å². The quantitative estimate of drug-likeness (QED) is 0.492. The van der Waals surface area contributed by atoms with Crippen molar-refractivity contribution in [2.24, 2.45) is 5.92 Å². The Labute approximate surface area is 128 Å². The Morgan fingerprint density at radius 1 is 1.29 bits per heavy atom. The summed E-state index contributed by atoms with van der Waals surface area (Å²) in [6.07, 6.45) is 16.5. The summed E-state index contributed by atoms with van der Waals surface area (Å²) in [6.45, 7) is 0. The molecule has 1 saturated carbocycles. The summed E-state index contributed by atoms with van der Waals surface area (Å²) in [5.41, 5.74) is 0. The number of rotatable bonds is 7. The summed E-state index contributed by atoms with van der Waals surface area (Å²) in [4.78, 5) is 2.03. The van der Waals surface area contributed by atoms with E-state index in [-0.39, 0.29) is 6.04 Å². The number of nitrogens with one attached hydrogen (secondary N) is 2. The van der Waals surface area contributed by atoms with Crippen LogP contribution in [0.25, 0.3) is 0 Å². The van der Waals surface area contributed by atoms with Gasteiger partial charge in [0, 0.05) is 19.5 Å². The van der Waals surface area contributed by atoms with Gasteiger partial charge in [0.05, 0.1) is 6.04 Å². The average molecular weight is 291 g/mol. The number of unbranched alkanes of at least 4 members (excludes halogenated alkanes) is 2. The molecule has 2 aliphatic rings. The molecule has 0 amide bonds. The zero-order chi connectivity index (χ0) is 15.1. The van der Waals surface area contributed by atoms with Crippen molar-refractivity contribution in [1.82, 2.24) is 10.2 Å². The fourth-order valence-electron chi connectivity index (χ4n) is 3.54. The highest BCUT2D eigenvalue weighted by atomic mass is 16.3. The lowest BCUT2D eigenvalue weighted by Crippen LogP contribution is -2.41. The van der Waals surface area contributed by atoms with Crippen LogP contribution in [-0.2, 0) is 0 Å². The first-order chi connectivity index (χ1) is 10.2. The van der Waals surface area contributed by atoms with E-state index in [1.807, 2.05) is 11.9 Å². The second-order valence-corrected chi connectivity index (χ2v) is 6.35. The summed E-state index contributed by atoms with van der Waals surface area (Å²) in [6, 6.07) is 0.0453. The smallest absolute Gasteiger partial charge is 0.131 e. The number of hydrogen-bond donors (Lipinski definition) is 3. The van der Waals surface area contributed by atoms with E-state index in [4.69, 9.17) is 5.41 Å². The van der Waals surface area contributed by atoms with Crippen LogP contribution in [0.4, 0.5) is 0 Å². The van der Waals surface area contributed by atoms with Gasteiger partial charge in [-0.2, -0.15) is 0 Å². The van der Waals surface area contributed by atoms with Crippen molar-refractivity contribution in [1.29, 1.82) is 5.41 Å². The zero-order valence-electron chi connectivity index (χ0n) is 13.1. The molecule has 1 unspecified atom stereocenters. The van der Waals surface area contributed by atoms with Crippen molar-refractivity contribution >= 4 is 6.21 Å². The maximum absolute atomic E-state index is 10.0. The van der Waals surface area contributed by atoms with Crippen LogP contribution < -0.4 is 5.32 Å². The predicted molar refractivity (Wildman–Crippen MR) is 87.3 cm³/mol. The molecule has 118 valence electrons. The summed E-state index contributed by atoms with van der Waals surface area (Å²) in [7, 11) is 1.97. The molecule has 0 bridgehead atoms. The largest absolute Gasteiger partial charge is 0.509 e. The van der Waals surface area contributed by atoms with Crippen LogP contribution in [0.15, 0.2) is 23.9 Å². The Morgan fingerprint density at radius 2 is 2.00 bits per heavy atom. The zero-order valence-corrected chi connectivity index (χ0v) is 13.1. The molecule has 1 fully saturated rings. The van der Waals surface area contributed by atoms with Gasteiger partial charge in [-0.05, 0) is 18.4 Å². The monoisotopic (exact) mass is 291 g/mol. The van der Waals surface area contributed by atoms with E-state index < -0.39 is 0 Å². The molecular formula is C17H29N3O. The number of hydrogen-bond acceptors (Lipinski definition) is 4. The van der Waals surface area contributed by atoms with Crippen LogP contribution in [0.2, 0.25) is 0 Å². The minimum Gasteiger partial charge on any atom is -0.509 e. The molecule has 0 aromatic carbocycles. The Balaban J connectivity index is 1.70. The molecule has 1 heterocycles. The van der Waals surface area contributed by atoms with Gasteiger partial charge in [0.15, 0.2) is 0 Å². The minimum atomic E-state index is 0.0453. The van der Waals surface area contributed by atoms with Crippen LogP contribution in [-0.4, -0.2) is 29.3 Å². The fourth-order valence-corrected chi connectivity index (χ4v) is 3.54. The molecule has 0 radical (unpaired) electrons. The molecular weight excluding hydrogens is 262 g/mol. The third kappa shape index (κ3) is 4.51. The fraction of sp³-hybridized carbons (Fsp3) is 0.706. The normalized spacial score (nSPS) is 25.0. The maximum atomic E-state index is 10.0. The number of nitrogens with zero attached hydrogens (tertiary/aromatic N) is 1. The Hall–Kier alpha value is -1.45. The molecule has 0 aromatic rings. The van der Waals surface area contributed by atoms with E-state index >= 15 is 0 Å². The van der Waals surface area contributed by atoms with E-state index in [1.165, 1.54) is 51.2 Å². The third-order valence-electron chi connectivity index (χ3n) is 4.86. The predicted octanol–water partition coefficient (Wildman–Crippen LogP) is 3.92. The van der Waals surface area contributed by atoms with Gasteiger partial charge in [-0.25, -0.2) is 0 Å². The lowest BCUT2D eigenvalue weighted by atomic mass is 9.98. The number of allylic oxidation sites excluding steroid dienone is 1. The first-order valence-corrected chi connectivity index (χ1v) is 8.31. The average Bonchev–Trinajstić information content (AvgIpc) is 2.98. The van der Waals surface area contributed by atoms with Gasteiger partial charge in [0.2, 0.25) is 0 Å². The third-order valence-corrected chi connectivity index (χ3v) is 4.86. The van der Waals surface area contributed by atoms with Crippen molar-refractivity contribution < 1.29 is 5.11 Å². The van der Waals surface area contributed by atoms with Crippen molar-refractivity contribution in [3.63, 3.8) is 0 Å².